The predicted octanol–water partition coefficient (Wildman–Crippen LogP) is 2.98. The highest BCUT2D eigenvalue weighted by Crippen LogP contribution is 2.41. The summed E-state index contributed by atoms with van der Waals surface area (Å²) in [6.45, 7) is 7.86. The second-order valence-corrected chi connectivity index (χ2v) is 8.25. The van der Waals surface area contributed by atoms with E-state index in [-0.39, 0.29) is 11.3 Å². The van der Waals surface area contributed by atoms with E-state index in [1.165, 1.54) is 0 Å². The van der Waals surface area contributed by atoms with Gasteiger partial charge in [-0.05, 0) is 37.8 Å². The smallest absolute Gasteiger partial charge is 0.259 e. The van der Waals surface area contributed by atoms with Crippen molar-refractivity contribution in [2.24, 2.45) is 5.41 Å². The molecule has 6 heteroatoms. The lowest BCUT2D eigenvalue weighted by Gasteiger charge is -2.19. The maximum atomic E-state index is 13.1. The third-order valence-electron chi connectivity index (χ3n) is 4.50. The van der Waals surface area contributed by atoms with E-state index in [0.717, 1.165) is 42.6 Å². The minimum atomic E-state index is 0.00269. The molecule has 1 N–H and O–H groups in total. The molecule has 3 rings (SSSR count). The third-order valence-corrected chi connectivity index (χ3v) is 4.50. The fourth-order valence-electron chi connectivity index (χ4n) is 3.00. The Kier molecular flexibility index (Phi) is 4.82. The van der Waals surface area contributed by atoms with E-state index in [1.807, 2.05) is 20.2 Å². The molecule has 2 aromatic heterocycles. The maximum Gasteiger partial charge on any atom is 0.259 e. The van der Waals surface area contributed by atoms with Gasteiger partial charge in [0.25, 0.3) is 11.6 Å². The molecule has 0 unspecified atom stereocenters. The fourth-order valence-corrected chi connectivity index (χ4v) is 3.00. The van der Waals surface area contributed by atoms with Crippen molar-refractivity contribution in [1.82, 2.24) is 20.4 Å². The zero-order valence-electron chi connectivity index (χ0n) is 15.8. The van der Waals surface area contributed by atoms with Gasteiger partial charge in [-0.3, -0.25) is 4.79 Å². The van der Waals surface area contributed by atoms with Crippen molar-refractivity contribution in [2.45, 2.75) is 46.0 Å². The zero-order chi connectivity index (χ0) is 18.2. The van der Waals surface area contributed by atoms with Crippen molar-refractivity contribution in [1.29, 1.82) is 0 Å². The average molecular weight is 344 g/mol. The van der Waals surface area contributed by atoms with Crippen molar-refractivity contribution < 1.29 is 9.32 Å². The topological polar surface area (TPSA) is 71.3 Å². The fraction of sp³-hybridized carbons (Fsp3) is 0.632. The van der Waals surface area contributed by atoms with Gasteiger partial charge < -0.3 is 14.7 Å². The number of nitrogens with one attached hydrogen (secondary N) is 1. The first-order valence-corrected chi connectivity index (χ1v) is 8.99. The van der Waals surface area contributed by atoms with Crippen molar-refractivity contribution in [2.75, 3.05) is 27.2 Å². The molecule has 0 aliphatic heterocycles. The van der Waals surface area contributed by atoms with E-state index in [9.17, 15) is 4.79 Å². The molecular formula is C19H28N4O2. The Morgan fingerprint density at radius 1 is 1.40 bits per heavy atom. The van der Waals surface area contributed by atoms with E-state index in [1.54, 1.807) is 4.90 Å². The van der Waals surface area contributed by atoms with Crippen LogP contribution in [0.2, 0.25) is 0 Å². The van der Waals surface area contributed by atoms with Crippen LogP contribution in [0.25, 0.3) is 11.1 Å². The molecule has 0 aromatic carbocycles. The zero-order valence-corrected chi connectivity index (χ0v) is 15.8. The Hall–Kier alpha value is -1.95. The number of hydrogen-bond donors (Lipinski definition) is 1. The van der Waals surface area contributed by atoms with E-state index in [2.05, 4.69) is 36.2 Å². The molecule has 1 amide bonds. The van der Waals surface area contributed by atoms with Gasteiger partial charge in [0.05, 0.1) is 16.6 Å². The molecule has 25 heavy (non-hydrogen) atoms. The Morgan fingerprint density at radius 2 is 2.12 bits per heavy atom. The molecule has 0 atom stereocenters. The van der Waals surface area contributed by atoms with Crippen LogP contribution in [0.4, 0.5) is 0 Å². The van der Waals surface area contributed by atoms with E-state index < -0.39 is 0 Å². The molecule has 1 aliphatic rings. The lowest BCUT2D eigenvalue weighted by molar-refractivity contribution is 0.0798. The number of amides is 1. The van der Waals surface area contributed by atoms with Gasteiger partial charge in [-0.1, -0.05) is 25.9 Å². The minimum Gasteiger partial charge on any atom is -0.340 e. The van der Waals surface area contributed by atoms with Crippen LogP contribution in [0, 0.1) is 5.41 Å². The summed E-state index contributed by atoms with van der Waals surface area (Å²) < 4.78 is 5.52. The van der Waals surface area contributed by atoms with Crippen LogP contribution in [0.5, 0.6) is 0 Å². The molecule has 2 aromatic rings. The summed E-state index contributed by atoms with van der Waals surface area (Å²) in [5.74, 6) is 0.456. The van der Waals surface area contributed by atoms with Crippen LogP contribution < -0.4 is 5.32 Å². The Labute approximate surface area is 149 Å². The number of nitrogens with zero attached hydrogens (tertiary/aromatic N) is 3. The molecule has 0 radical (unpaired) electrons. The Bertz CT molecular complexity index is 772. The SMILES string of the molecule is CNCCN(C)C(=O)c1cc(C2CC2)nc2onc(CC(C)(C)C)c12. The van der Waals surface area contributed by atoms with Crippen LogP contribution in [0.15, 0.2) is 10.6 Å². The van der Waals surface area contributed by atoms with Crippen molar-refractivity contribution in [3.63, 3.8) is 0 Å². The summed E-state index contributed by atoms with van der Waals surface area (Å²) >= 11 is 0. The summed E-state index contributed by atoms with van der Waals surface area (Å²) in [6, 6.07) is 1.96. The summed E-state index contributed by atoms with van der Waals surface area (Å²) in [5.41, 5.74) is 3.00. The Morgan fingerprint density at radius 3 is 2.72 bits per heavy atom. The first-order valence-electron chi connectivity index (χ1n) is 8.99. The number of likely N-dealkylation sites (N-methyl/N-ethyl adjacent to an activating group) is 2. The largest absolute Gasteiger partial charge is 0.340 e. The van der Waals surface area contributed by atoms with Crippen molar-refractivity contribution >= 4 is 17.0 Å². The molecule has 0 saturated heterocycles. The highest BCUT2D eigenvalue weighted by molar-refractivity contribution is 6.06. The quantitative estimate of drug-likeness (QED) is 0.872. The number of carbonyl (C=O) groups excluding carboxylic acids is 1. The first-order chi connectivity index (χ1) is 11.8. The molecule has 1 fully saturated rings. The van der Waals surface area contributed by atoms with Crippen LogP contribution in [-0.2, 0) is 6.42 Å². The summed E-state index contributed by atoms with van der Waals surface area (Å²) in [4.78, 5) is 19.5. The normalized spacial score (nSPS) is 14.9. The number of pyridine rings is 1. The Balaban J connectivity index is 2.06. The van der Waals surface area contributed by atoms with Gasteiger partial charge in [0, 0.05) is 31.7 Å². The lowest BCUT2D eigenvalue weighted by atomic mass is 9.89. The monoisotopic (exact) mass is 344 g/mol. The summed E-state index contributed by atoms with van der Waals surface area (Å²) in [7, 11) is 3.72. The highest BCUT2D eigenvalue weighted by Gasteiger charge is 2.30. The van der Waals surface area contributed by atoms with Gasteiger partial charge in [-0.2, -0.15) is 0 Å². The molecule has 1 saturated carbocycles. The predicted molar refractivity (Wildman–Crippen MR) is 97.8 cm³/mol. The van der Waals surface area contributed by atoms with E-state index >= 15 is 0 Å². The second kappa shape index (κ2) is 6.75. The highest BCUT2D eigenvalue weighted by atomic mass is 16.5. The van der Waals surface area contributed by atoms with Crippen LogP contribution in [0.1, 0.15) is 61.3 Å². The third kappa shape index (κ3) is 4.00. The molecule has 136 valence electrons. The first kappa shape index (κ1) is 17.9. The summed E-state index contributed by atoms with van der Waals surface area (Å²) in [5, 5.41) is 8.11. The lowest BCUT2D eigenvalue weighted by Crippen LogP contribution is -2.33. The van der Waals surface area contributed by atoms with Crippen LogP contribution >= 0.6 is 0 Å². The van der Waals surface area contributed by atoms with Gasteiger partial charge in [-0.15, -0.1) is 0 Å². The molecule has 2 heterocycles. The van der Waals surface area contributed by atoms with E-state index in [4.69, 9.17) is 4.52 Å². The molecule has 0 spiro atoms. The van der Waals surface area contributed by atoms with Crippen LogP contribution in [0.3, 0.4) is 0 Å². The molecular weight excluding hydrogens is 316 g/mol. The molecule has 6 nitrogen and oxygen atoms in total. The molecule has 1 aliphatic carbocycles. The minimum absolute atomic E-state index is 0.00269. The van der Waals surface area contributed by atoms with E-state index in [0.29, 0.717) is 23.7 Å². The average Bonchev–Trinajstić information content (AvgIpc) is 3.33. The van der Waals surface area contributed by atoms with Gasteiger partial charge in [-0.25, -0.2) is 4.98 Å². The van der Waals surface area contributed by atoms with Gasteiger partial charge >= 0.3 is 0 Å². The number of carbonyl (C=O) groups is 1. The number of fused-ring (bicyclic) bond motifs is 1. The van der Waals surface area contributed by atoms with Crippen molar-refractivity contribution in [3.05, 3.63) is 23.0 Å². The number of hydrogen-bond acceptors (Lipinski definition) is 5. The maximum absolute atomic E-state index is 13.1. The standard InChI is InChI=1S/C19H28N4O2/c1-19(2,3)11-15-16-13(18(24)23(5)9-8-20-4)10-14(12-6-7-12)21-17(16)25-22-15/h10,12,20H,6-9,11H2,1-5H3. The number of rotatable bonds is 6. The summed E-state index contributed by atoms with van der Waals surface area (Å²) in [6.07, 6.45) is 3.00. The van der Waals surface area contributed by atoms with Gasteiger partial charge in [0.15, 0.2) is 0 Å². The van der Waals surface area contributed by atoms with Crippen LogP contribution in [-0.4, -0.2) is 48.1 Å². The second-order valence-electron chi connectivity index (χ2n) is 8.25. The number of aromatic nitrogens is 2. The van der Waals surface area contributed by atoms with Gasteiger partial charge in [0.2, 0.25) is 0 Å². The molecule has 0 bridgehead atoms. The van der Waals surface area contributed by atoms with Crippen molar-refractivity contribution in [3.8, 4) is 0 Å². The van der Waals surface area contributed by atoms with Gasteiger partial charge in [0.1, 0.15) is 0 Å².